The molecule has 0 rings (SSSR count). The fraction of sp³-hybridized carbons (Fsp3) is 0.857. The Balaban J connectivity index is 0. The van der Waals surface area contributed by atoms with Gasteiger partial charge in [-0.2, -0.15) is 12.8 Å². The summed E-state index contributed by atoms with van der Waals surface area (Å²) >= 11 is 2.85. The molecule has 0 bridgehead atoms. The van der Waals surface area contributed by atoms with E-state index < -0.39 is 5.08 Å². The molecule has 0 N–H and O–H groups in total. The van der Waals surface area contributed by atoms with Crippen molar-refractivity contribution in [1.82, 2.24) is 0 Å². The Bertz CT molecular complexity index is 68.6. The third-order valence-electron chi connectivity index (χ3n) is 1.41. The third-order valence-corrected chi connectivity index (χ3v) is 1.87. The van der Waals surface area contributed by atoms with Crippen LogP contribution in [0.2, 0.25) is 0 Å². The Morgan fingerprint density at radius 3 is 2.30 bits per heavy atom. The number of hydrogen-bond donors (Lipinski definition) is 0. The average molecular weight is 219 g/mol. The maximum absolute atomic E-state index is 12.1. The first kappa shape index (κ1) is 14.0. The van der Waals surface area contributed by atoms with Gasteiger partial charge in [0.2, 0.25) is 0 Å². The average Bonchev–Trinajstić information content (AvgIpc) is 1.83. The zero-order valence-electron chi connectivity index (χ0n) is 6.90. The standard InChI is InChI=1S/C7H13BrF.Na/c1-3-6(2)4-5-7(8)9;/h3,6-7H,4-5H2,1-2H3;/q-1;+1/t6-,7?;/m1./s1. The summed E-state index contributed by atoms with van der Waals surface area (Å²) in [6.45, 7) is 4.10. The van der Waals surface area contributed by atoms with Gasteiger partial charge in [0, 0.05) is 0 Å². The molecule has 0 heterocycles. The molecule has 0 saturated heterocycles. The van der Waals surface area contributed by atoms with Crippen molar-refractivity contribution in [3.8, 4) is 0 Å². The molecular weight excluding hydrogens is 206 g/mol. The Morgan fingerprint density at radius 2 is 2.00 bits per heavy atom. The second-order valence-corrected chi connectivity index (χ2v) is 3.27. The van der Waals surface area contributed by atoms with E-state index in [4.69, 9.17) is 0 Å². The van der Waals surface area contributed by atoms with Gasteiger partial charge in [-0.05, 0) is 6.42 Å². The van der Waals surface area contributed by atoms with Crippen molar-refractivity contribution < 1.29 is 33.9 Å². The van der Waals surface area contributed by atoms with Crippen LogP contribution in [0.3, 0.4) is 0 Å². The Kier molecular flexibility index (Phi) is 11.9. The summed E-state index contributed by atoms with van der Waals surface area (Å²) < 4.78 is 12.1. The van der Waals surface area contributed by atoms with E-state index in [9.17, 15) is 4.39 Å². The maximum Gasteiger partial charge on any atom is 1.00 e. The molecule has 0 aromatic heterocycles. The van der Waals surface area contributed by atoms with Gasteiger partial charge < -0.3 is 6.42 Å². The zero-order valence-corrected chi connectivity index (χ0v) is 10.5. The SMILES string of the molecule is C[CH-][C@@H](C)CCC(F)Br.[Na+]. The minimum atomic E-state index is -0.820. The van der Waals surface area contributed by atoms with Crippen LogP contribution in [0.15, 0.2) is 0 Å². The second-order valence-electron chi connectivity index (χ2n) is 2.28. The zero-order chi connectivity index (χ0) is 7.28. The van der Waals surface area contributed by atoms with Gasteiger partial charge in [0.05, 0.1) is 0 Å². The molecular formula is C7H13BrFNa. The van der Waals surface area contributed by atoms with E-state index in [2.05, 4.69) is 29.3 Å². The first-order chi connectivity index (χ1) is 4.16. The van der Waals surface area contributed by atoms with E-state index in [-0.39, 0.29) is 29.6 Å². The van der Waals surface area contributed by atoms with Crippen LogP contribution in [0.5, 0.6) is 0 Å². The summed E-state index contributed by atoms with van der Waals surface area (Å²) in [5.74, 6) is 0.542. The topological polar surface area (TPSA) is 0 Å². The van der Waals surface area contributed by atoms with Crippen LogP contribution >= 0.6 is 15.9 Å². The van der Waals surface area contributed by atoms with Crippen molar-refractivity contribution in [1.29, 1.82) is 0 Å². The van der Waals surface area contributed by atoms with Crippen molar-refractivity contribution in [2.24, 2.45) is 5.92 Å². The van der Waals surface area contributed by atoms with Crippen LogP contribution in [-0.4, -0.2) is 5.08 Å². The molecule has 0 aliphatic heterocycles. The van der Waals surface area contributed by atoms with E-state index in [1.807, 2.05) is 6.92 Å². The molecule has 0 amide bonds. The first-order valence-corrected chi connectivity index (χ1v) is 4.16. The molecule has 3 heteroatoms. The van der Waals surface area contributed by atoms with Gasteiger partial charge in [-0.3, -0.25) is 0 Å². The van der Waals surface area contributed by atoms with Crippen molar-refractivity contribution in [2.75, 3.05) is 0 Å². The van der Waals surface area contributed by atoms with Crippen LogP contribution in [0.25, 0.3) is 0 Å². The minimum Gasteiger partial charge on any atom is -0.329 e. The minimum absolute atomic E-state index is 0. The van der Waals surface area contributed by atoms with E-state index in [1.54, 1.807) is 0 Å². The van der Waals surface area contributed by atoms with Crippen LogP contribution in [0, 0.1) is 12.3 Å². The summed E-state index contributed by atoms with van der Waals surface area (Å²) in [5, 5.41) is -0.820. The van der Waals surface area contributed by atoms with Gasteiger partial charge in [-0.15, -0.1) is 0 Å². The predicted octanol–water partition coefficient (Wildman–Crippen LogP) is 0.321. The molecule has 10 heavy (non-hydrogen) atoms. The van der Waals surface area contributed by atoms with Crippen molar-refractivity contribution in [2.45, 2.75) is 31.8 Å². The maximum atomic E-state index is 12.1. The fourth-order valence-corrected chi connectivity index (χ4v) is 0.820. The van der Waals surface area contributed by atoms with E-state index in [1.165, 1.54) is 0 Å². The largest absolute Gasteiger partial charge is 1.00 e. The second kappa shape index (κ2) is 8.51. The molecule has 2 atom stereocenters. The van der Waals surface area contributed by atoms with Crippen LogP contribution in [0.4, 0.5) is 4.39 Å². The molecule has 0 fully saturated rings. The molecule has 0 aliphatic rings. The fourth-order valence-electron chi connectivity index (χ4n) is 0.556. The summed E-state index contributed by atoms with van der Waals surface area (Å²) in [5.41, 5.74) is 0. The van der Waals surface area contributed by atoms with Gasteiger partial charge in [0.15, 0.2) is 5.08 Å². The Labute approximate surface area is 93.4 Å². The van der Waals surface area contributed by atoms with Crippen molar-refractivity contribution >= 4 is 15.9 Å². The molecule has 0 nitrogen and oxygen atoms in total. The van der Waals surface area contributed by atoms with Gasteiger partial charge in [0.1, 0.15) is 0 Å². The first-order valence-electron chi connectivity index (χ1n) is 3.24. The van der Waals surface area contributed by atoms with Crippen molar-refractivity contribution in [3.05, 3.63) is 6.42 Å². The molecule has 0 saturated carbocycles. The van der Waals surface area contributed by atoms with Crippen LogP contribution in [-0.2, 0) is 0 Å². The third kappa shape index (κ3) is 9.41. The monoisotopic (exact) mass is 218 g/mol. The van der Waals surface area contributed by atoms with Gasteiger partial charge in [-0.25, -0.2) is 4.39 Å². The molecule has 0 aromatic carbocycles. The molecule has 56 valence electrons. The number of rotatable bonds is 4. The van der Waals surface area contributed by atoms with E-state index in [0.717, 1.165) is 6.42 Å². The molecule has 0 aliphatic carbocycles. The van der Waals surface area contributed by atoms with Gasteiger partial charge >= 0.3 is 29.6 Å². The quantitative estimate of drug-likeness (QED) is 0.363. The van der Waals surface area contributed by atoms with Crippen LogP contribution < -0.4 is 29.6 Å². The number of hydrogen-bond acceptors (Lipinski definition) is 0. The number of halogens is 2. The van der Waals surface area contributed by atoms with Crippen LogP contribution in [0.1, 0.15) is 26.7 Å². The molecule has 0 aromatic rings. The smallest absolute Gasteiger partial charge is 0.329 e. The Morgan fingerprint density at radius 1 is 1.50 bits per heavy atom. The van der Waals surface area contributed by atoms with Crippen molar-refractivity contribution in [3.63, 3.8) is 0 Å². The Hall–Kier alpha value is 1.41. The number of alkyl halides is 2. The summed E-state index contributed by atoms with van der Waals surface area (Å²) in [7, 11) is 0. The van der Waals surface area contributed by atoms with E-state index >= 15 is 0 Å². The normalized spacial score (nSPS) is 15.6. The van der Waals surface area contributed by atoms with Gasteiger partial charge in [-0.1, -0.05) is 29.3 Å². The molecule has 0 spiro atoms. The summed E-state index contributed by atoms with van der Waals surface area (Å²) in [6.07, 6.45) is 3.64. The summed E-state index contributed by atoms with van der Waals surface area (Å²) in [6, 6.07) is 0. The van der Waals surface area contributed by atoms with E-state index in [0.29, 0.717) is 12.3 Å². The predicted molar refractivity (Wildman–Crippen MR) is 42.2 cm³/mol. The van der Waals surface area contributed by atoms with Gasteiger partial charge in [0.25, 0.3) is 0 Å². The molecule has 0 radical (unpaired) electrons. The summed E-state index contributed by atoms with van der Waals surface area (Å²) in [4.78, 5) is 0. The molecule has 1 unspecified atom stereocenters.